The van der Waals surface area contributed by atoms with Gasteiger partial charge in [0.2, 0.25) is 0 Å². The van der Waals surface area contributed by atoms with E-state index >= 15 is 0 Å². The molecule has 1 aromatic carbocycles. The first-order chi connectivity index (χ1) is 9.74. The number of halogens is 1. The number of carbonyl (C=O) groups excluding carboxylic acids is 1. The van der Waals surface area contributed by atoms with Crippen LogP contribution in [0.4, 0.5) is 0 Å². The Morgan fingerprint density at radius 2 is 1.90 bits per heavy atom. The quantitative estimate of drug-likeness (QED) is 0.843. The summed E-state index contributed by atoms with van der Waals surface area (Å²) < 4.78 is 0.830. The van der Waals surface area contributed by atoms with Crippen LogP contribution in [-0.2, 0) is 4.84 Å². The van der Waals surface area contributed by atoms with Gasteiger partial charge >= 0.3 is 0 Å². The number of nitrogens with one attached hydrogen (secondary N) is 1. The molecule has 0 bridgehead atoms. The lowest BCUT2D eigenvalue weighted by atomic mass is 10.0. The van der Waals surface area contributed by atoms with Crippen LogP contribution in [0.3, 0.4) is 0 Å². The second kappa shape index (κ2) is 5.97. The molecule has 2 heterocycles. The van der Waals surface area contributed by atoms with Gasteiger partial charge in [-0.1, -0.05) is 12.1 Å². The van der Waals surface area contributed by atoms with Crippen molar-refractivity contribution in [3.8, 4) is 0 Å². The molecule has 0 aromatic heterocycles. The average Bonchev–Trinajstić information content (AvgIpc) is 2.94. The van der Waals surface area contributed by atoms with Crippen LogP contribution in [0.1, 0.15) is 41.3 Å². The van der Waals surface area contributed by atoms with Crippen molar-refractivity contribution in [1.82, 2.24) is 10.4 Å². The minimum Gasteiger partial charge on any atom is -0.339 e. The van der Waals surface area contributed by atoms with E-state index < -0.39 is 0 Å². The van der Waals surface area contributed by atoms with Crippen molar-refractivity contribution in [3.05, 3.63) is 46.1 Å². The lowest BCUT2D eigenvalue weighted by Gasteiger charge is -2.26. The Bertz CT molecular complexity index is 521. The summed E-state index contributed by atoms with van der Waals surface area (Å²) in [6.45, 7) is 1.76. The third-order valence-corrected chi connectivity index (χ3v) is 4.14. The molecule has 5 heteroatoms. The Labute approximate surface area is 126 Å². The van der Waals surface area contributed by atoms with Crippen molar-refractivity contribution in [2.75, 3.05) is 13.1 Å². The highest BCUT2D eigenvalue weighted by molar-refractivity contribution is 9.11. The molecule has 4 nitrogen and oxygen atoms in total. The summed E-state index contributed by atoms with van der Waals surface area (Å²) in [5, 5.41) is 0. The number of benzene rings is 1. The second-order valence-corrected chi connectivity index (χ2v) is 5.98. The van der Waals surface area contributed by atoms with E-state index in [9.17, 15) is 4.79 Å². The maximum Gasteiger partial charge on any atom is 0.253 e. The van der Waals surface area contributed by atoms with Crippen LogP contribution >= 0.6 is 15.9 Å². The van der Waals surface area contributed by atoms with Crippen molar-refractivity contribution in [1.29, 1.82) is 0 Å². The Morgan fingerprint density at radius 1 is 1.20 bits per heavy atom. The third kappa shape index (κ3) is 2.88. The predicted octanol–water partition coefficient (Wildman–Crippen LogP) is 3.12. The number of hydrogen-bond acceptors (Lipinski definition) is 3. The number of hydroxylamine groups is 1. The molecule has 1 aromatic rings. The van der Waals surface area contributed by atoms with Crippen molar-refractivity contribution in [2.24, 2.45) is 0 Å². The molecule has 1 amide bonds. The maximum atomic E-state index is 12.3. The van der Waals surface area contributed by atoms with E-state index in [4.69, 9.17) is 4.84 Å². The number of rotatable bonds is 2. The van der Waals surface area contributed by atoms with Crippen LogP contribution in [0.25, 0.3) is 0 Å². The molecule has 1 N–H and O–H groups in total. The lowest BCUT2D eigenvalue weighted by Crippen LogP contribution is -2.35. The molecule has 3 rings (SSSR count). The number of nitrogens with zero attached hydrogens (tertiary/aromatic N) is 1. The SMILES string of the molecule is O=C(c1ccc([C@H]2C=C(Br)NO2)cc1)N1CCCCC1. The van der Waals surface area contributed by atoms with Gasteiger partial charge in [-0.15, -0.1) is 0 Å². The standard InChI is InChI=1S/C15H17BrN2O2/c16-14-10-13(20-17-14)11-4-6-12(7-5-11)15(19)18-8-2-1-3-9-18/h4-7,10,13,17H,1-3,8-9H2/t13-/m1/s1. The lowest BCUT2D eigenvalue weighted by molar-refractivity contribution is 0.0457. The van der Waals surface area contributed by atoms with Crippen molar-refractivity contribution >= 4 is 21.8 Å². The molecule has 1 saturated heterocycles. The smallest absolute Gasteiger partial charge is 0.253 e. The third-order valence-electron chi connectivity index (χ3n) is 3.71. The highest BCUT2D eigenvalue weighted by Crippen LogP contribution is 2.26. The minimum absolute atomic E-state index is 0.108. The van der Waals surface area contributed by atoms with Crippen molar-refractivity contribution in [2.45, 2.75) is 25.4 Å². The fourth-order valence-corrected chi connectivity index (χ4v) is 2.91. The highest BCUT2D eigenvalue weighted by Gasteiger charge is 2.20. The Kier molecular flexibility index (Phi) is 4.08. The van der Waals surface area contributed by atoms with Gasteiger partial charge in [-0.2, -0.15) is 0 Å². The van der Waals surface area contributed by atoms with Gasteiger partial charge in [0, 0.05) is 18.7 Å². The summed E-state index contributed by atoms with van der Waals surface area (Å²) in [6, 6.07) is 7.67. The number of likely N-dealkylation sites (tertiary alicyclic amines) is 1. The fraction of sp³-hybridized carbons (Fsp3) is 0.400. The average molecular weight is 337 g/mol. The zero-order chi connectivity index (χ0) is 13.9. The molecular formula is C15H17BrN2O2. The normalized spacial score (nSPS) is 22.4. The molecule has 1 atom stereocenters. The first kappa shape index (κ1) is 13.6. The van der Waals surface area contributed by atoms with Gasteiger partial charge in [0.25, 0.3) is 5.91 Å². The molecule has 106 valence electrons. The molecular weight excluding hydrogens is 320 g/mol. The van der Waals surface area contributed by atoms with Gasteiger partial charge in [-0.05, 0) is 59.0 Å². The summed E-state index contributed by atoms with van der Waals surface area (Å²) in [5.41, 5.74) is 4.54. The van der Waals surface area contributed by atoms with E-state index in [0.717, 1.165) is 41.7 Å². The van der Waals surface area contributed by atoms with E-state index in [1.165, 1.54) is 6.42 Å². The number of piperidine rings is 1. The van der Waals surface area contributed by atoms with Gasteiger partial charge in [-0.25, -0.2) is 0 Å². The molecule has 2 aliphatic rings. The Balaban J connectivity index is 1.71. The van der Waals surface area contributed by atoms with E-state index in [0.29, 0.717) is 0 Å². The van der Waals surface area contributed by atoms with Crippen molar-refractivity contribution in [3.63, 3.8) is 0 Å². The van der Waals surface area contributed by atoms with Crippen LogP contribution in [0.5, 0.6) is 0 Å². The molecule has 0 spiro atoms. The van der Waals surface area contributed by atoms with E-state index in [-0.39, 0.29) is 12.0 Å². The molecule has 1 fully saturated rings. The topological polar surface area (TPSA) is 41.6 Å². The molecule has 0 aliphatic carbocycles. The summed E-state index contributed by atoms with van der Waals surface area (Å²) in [4.78, 5) is 19.7. The van der Waals surface area contributed by atoms with Crippen LogP contribution in [0.2, 0.25) is 0 Å². The van der Waals surface area contributed by atoms with Gasteiger partial charge in [0.1, 0.15) is 10.7 Å². The first-order valence-electron chi connectivity index (χ1n) is 6.92. The fourth-order valence-electron chi connectivity index (χ4n) is 2.58. The summed E-state index contributed by atoms with van der Waals surface area (Å²) in [5.74, 6) is 0.137. The summed E-state index contributed by atoms with van der Waals surface area (Å²) in [7, 11) is 0. The second-order valence-electron chi connectivity index (χ2n) is 5.13. The molecule has 0 radical (unpaired) electrons. The largest absolute Gasteiger partial charge is 0.339 e. The van der Waals surface area contributed by atoms with E-state index in [2.05, 4.69) is 21.4 Å². The zero-order valence-corrected chi connectivity index (χ0v) is 12.7. The van der Waals surface area contributed by atoms with Gasteiger partial charge in [0.05, 0.1) is 0 Å². The summed E-state index contributed by atoms with van der Waals surface area (Å²) >= 11 is 3.33. The van der Waals surface area contributed by atoms with Crippen LogP contribution in [0, 0.1) is 0 Å². The van der Waals surface area contributed by atoms with E-state index in [1.807, 2.05) is 35.2 Å². The van der Waals surface area contributed by atoms with Crippen molar-refractivity contribution < 1.29 is 9.63 Å². The molecule has 2 aliphatic heterocycles. The minimum atomic E-state index is -0.108. The number of amides is 1. The predicted molar refractivity (Wildman–Crippen MR) is 80.2 cm³/mol. The zero-order valence-electron chi connectivity index (χ0n) is 11.1. The van der Waals surface area contributed by atoms with Crippen LogP contribution in [0.15, 0.2) is 34.9 Å². The first-order valence-corrected chi connectivity index (χ1v) is 7.71. The highest BCUT2D eigenvalue weighted by atomic mass is 79.9. The molecule has 0 saturated carbocycles. The maximum absolute atomic E-state index is 12.3. The van der Waals surface area contributed by atoms with Crippen LogP contribution < -0.4 is 5.48 Å². The van der Waals surface area contributed by atoms with Gasteiger partial charge in [-0.3, -0.25) is 15.1 Å². The number of hydrogen-bond donors (Lipinski definition) is 1. The number of carbonyl (C=O) groups is 1. The van der Waals surface area contributed by atoms with Gasteiger partial charge < -0.3 is 4.90 Å². The monoisotopic (exact) mass is 336 g/mol. The Hall–Kier alpha value is -1.33. The molecule has 0 unspecified atom stereocenters. The molecule has 20 heavy (non-hydrogen) atoms. The van der Waals surface area contributed by atoms with Crippen LogP contribution in [-0.4, -0.2) is 23.9 Å². The van der Waals surface area contributed by atoms with E-state index in [1.54, 1.807) is 0 Å². The summed E-state index contributed by atoms with van der Waals surface area (Å²) in [6.07, 6.45) is 5.30. The Morgan fingerprint density at radius 3 is 2.50 bits per heavy atom. The van der Waals surface area contributed by atoms with Gasteiger partial charge in [0.15, 0.2) is 0 Å².